The molecule has 0 radical (unpaired) electrons. The fourth-order valence-corrected chi connectivity index (χ4v) is 2.30. The van der Waals surface area contributed by atoms with Gasteiger partial charge in [-0.25, -0.2) is 0 Å². The summed E-state index contributed by atoms with van der Waals surface area (Å²) in [4.78, 5) is 0. The van der Waals surface area contributed by atoms with Gasteiger partial charge in [0.1, 0.15) is 5.75 Å². The van der Waals surface area contributed by atoms with E-state index in [0.717, 1.165) is 22.9 Å². The second kappa shape index (κ2) is 4.41. The van der Waals surface area contributed by atoms with Gasteiger partial charge in [0.2, 0.25) is 0 Å². The molecule has 17 heavy (non-hydrogen) atoms. The maximum Gasteiger partial charge on any atom is 0.125 e. The molecule has 0 aliphatic heterocycles. The Hall–Kier alpha value is -1.48. The third-order valence-corrected chi connectivity index (χ3v) is 3.01. The van der Waals surface area contributed by atoms with Crippen molar-refractivity contribution in [2.45, 2.75) is 39.3 Å². The number of hydrogen-bond donors (Lipinski definition) is 2. The van der Waals surface area contributed by atoms with Gasteiger partial charge in [-0.05, 0) is 44.9 Å². The molecular formula is C14H20N2O. The Morgan fingerprint density at radius 1 is 1.29 bits per heavy atom. The van der Waals surface area contributed by atoms with Gasteiger partial charge in [0, 0.05) is 23.7 Å². The highest BCUT2D eigenvalue weighted by atomic mass is 16.3. The van der Waals surface area contributed by atoms with Crippen LogP contribution in [0.3, 0.4) is 0 Å². The van der Waals surface area contributed by atoms with Crippen molar-refractivity contribution in [2.75, 3.05) is 0 Å². The molecule has 2 aromatic rings. The lowest BCUT2D eigenvalue weighted by Gasteiger charge is -2.08. The van der Waals surface area contributed by atoms with Gasteiger partial charge < -0.3 is 15.4 Å². The zero-order valence-corrected chi connectivity index (χ0v) is 10.6. The molecule has 1 atom stereocenters. The van der Waals surface area contributed by atoms with Crippen LogP contribution in [-0.2, 0) is 6.42 Å². The number of rotatable bonds is 3. The Kier molecular flexibility index (Phi) is 3.11. The molecule has 1 heterocycles. The Balaban J connectivity index is 2.67. The number of fused-ring (bicyclic) bond motifs is 1. The van der Waals surface area contributed by atoms with Crippen LogP contribution in [0.1, 0.15) is 32.4 Å². The van der Waals surface area contributed by atoms with Crippen LogP contribution < -0.4 is 5.73 Å². The van der Waals surface area contributed by atoms with Gasteiger partial charge in [0.15, 0.2) is 0 Å². The smallest absolute Gasteiger partial charge is 0.125 e. The Morgan fingerprint density at radius 2 is 2.00 bits per heavy atom. The summed E-state index contributed by atoms with van der Waals surface area (Å²) in [6.45, 7) is 6.26. The summed E-state index contributed by atoms with van der Waals surface area (Å²) < 4.78 is 2.19. The van der Waals surface area contributed by atoms with Gasteiger partial charge in [-0.2, -0.15) is 0 Å². The zero-order chi connectivity index (χ0) is 12.6. The normalized spacial score (nSPS) is 13.5. The van der Waals surface area contributed by atoms with Crippen LogP contribution in [0, 0.1) is 0 Å². The maximum absolute atomic E-state index is 10.0. The first-order valence-corrected chi connectivity index (χ1v) is 6.07. The Morgan fingerprint density at radius 3 is 2.59 bits per heavy atom. The third kappa shape index (κ3) is 2.15. The molecule has 3 nitrogen and oxygen atoms in total. The van der Waals surface area contributed by atoms with Crippen LogP contribution in [0.5, 0.6) is 5.75 Å². The van der Waals surface area contributed by atoms with Crippen molar-refractivity contribution in [2.24, 2.45) is 5.73 Å². The highest BCUT2D eigenvalue weighted by molar-refractivity contribution is 5.89. The molecule has 0 saturated carbocycles. The van der Waals surface area contributed by atoms with Gasteiger partial charge in [-0.15, -0.1) is 0 Å². The quantitative estimate of drug-likeness (QED) is 0.855. The Labute approximate surface area is 102 Å². The van der Waals surface area contributed by atoms with E-state index < -0.39 is 0 Å². The highest BCUT2D eigenvalue weighted by Gasteiger charge is 2.14. The monoisotopic (exact) mass is 232 g/mol. The van der Waals surface area contributed by atoms with E-state index in [1.807, 2.05) is 19.1 Å². The zero-order valence-electron chi connectivity index (χ0n) is 10.6. The molecule has 2 rings (SSSR count). The van der Waals surface area contributed by atoms with Gasteiger partial charge in [0.25, 0.3) is 0 Å². The summed E-state index contributed by atoms with van der Waals surface area (Å²) in [5.74, 6) is 0.345. The first-order valence-electron chi connectivity index (χ1n) is 6.07. The largest absolute Gasteiger partial charge is 0.507 e. The molecule has 92 valence electrons. The number of phenols is 1. The molecule has 0 bridgehead atoms. The van der Waals surface area contributed by atoms with E-state index >= 15 is 0 Å². The second-order valence-electron chi connectivity index (χ2n) is 5.01. The molecule has 3 N–H and O–H groups in total. The molecule has 3 heteroatoms. The summed E-state index contributed by atoms with van der Waals surface area (Å²) in [5, 5.41) is 10.9. The van der Waals surface area contributed by atoms with Crippen LogP contribution in [0.15, 0.2) is 24.4 Å². The number of aromatic nitrogens is 1. The summed E-state index contributed by atoms with van der Waals surface area (Å²) in [7, 11) is 0. The summed E-state index contributed by atoms with van der Waals surface area (Å²) in [6.07, 6.45) is 2.90. The lowest BCUT2D eigenvalue weighted by atomic mass is 10.1. The summed E-state index contributed by atoms with van der Waals surface area (Å²) in [6, 6.07) is 6.13. The minimum atomic E-state index is 0.0980. The van der Waals surface area contributed by atoms with E-state index in [0.29, 0.717) is 11.8 Å². The van der Waals surface area contributed by atoms with Crippen molar-refractivity contribution in [3.05, 3.63) is 30.0 Å². The average molecular weight is 232 g/mol. The predicted octanol–water partition coefficient (Wildman–Crippen LogP) is 2.82. The van der Waals surface area contributed by atoms with Crippen LogP contribution >= 0.6 is 0 Å². The molecule has 0 spiro atoms. The molecule has 0 fully saturated rings. The number of benzene rings is 1. The average Bonchev–Trinajstić information content (AvgIpc) is 2.57. The summed E-state index contributed by atoms with van der Waals surface area (Å²) >= 11 is 0. The minimum absolute atomic E-state index is 0.0980. The summed E-state index contributed by atoms with van der Waals surface area (Å²) in [5.41, 5.74) is 8.07. The van der Waals surface area contributed by atoms with E-state index in [9.17, 15) is 5.11 Å². The SMILES string of the molecule is CC(N)Cc1cn(C(C)C)c2cccc(O)c12. The van der Waals surface area contributed by atoms with Crippen LogP contribution in [0.25, 0.3) is 10.9 Å². The number of phenolic OH excluding ortho intramolecular Hbond substituents is 1. The molecular weight excluding hydrogens is 212 g/mol. The van der Waals surface area contributed by atoms with Gasteiger partial charge in [0.05, 0.1) is 5.52 Å². The maximum atomic E-state index is 10.0. The standard InChI is InChI=1S/C14H20N2O/c1-9(2)16-8-11(7-10(3)15)14-12(16)5-4-6-13(14)17/h4-6,8-10,17H,7,15H2,1-3H3. The molecule has 1 aromatic carbocycles. The number of nitrogens with two attached hydrogens (primary N) is 1. The van der Waals surface area contributed by atoms with Crippen molar-refractivity contribution >= 4 is 10.9 Å². The lowest BCUT2D eigenvalue weighted by Crippen LogP contribution is -2.17. The van der Waals surface area contributed by atoms with Crippen LogP contribution in [0.4, 0.5) is 0 Å². The molecule has 0 aliphatic rings. The van der Waals surface area contributed by atoms with Gasteiger partial charge in [-0.3, -0.25) is 0 Å². The van der Waals surface area contributed by atoms with Crippen molar-refractivity contribution in [3.8, 4) is 5.75 Å². The van der Waals surface area contributed by atoms with Crippen molar-refractivity contribution in [3.63, 3.8) is 0 Å². The molecule has 1 unspecified atom stereocenters. The van der Waals surface area contributed by atoms with E-state index in [2.05, 4.69) is 24.6 Å². The lowest BCUT2D eigenvalue weighted by molar-refractivity contribution is 0.481. The fraction of sp³-hybridized carbons (Fsp3) is 0.429. The van der Waals surface area contributed by atoms with E-state index in [-0.39, 0.29) is 6.04 Å². The first-order chi connectivity index (χ1) is 8.00. The third-order valence-electron chi connectivity index (χ3n) is 3.01. The molecule has 1 aromatic heterocycles. The fourth-order valence-electron chi connectivity index (χ4n) is 2.30. The molecule has 0 amide bonds. The molecule has 0 saturated heterocycles. The number of hydrogen-bond acceptors (Lipinski definition) is 2. The number of aromatic hydroxyl groups is 1. The highest BCUT2D eigenvalue weighted by Crippen LogP contribution is 2.32. The second-order valence-corrected chi connectivity index (χ2v) is 5.01. The van der Waals surface area contributed by atoms with E-state index in [1.54, 1.807) is 6.07 Å². The van der Waals surface area contributed by atoms with Gasteiger partial charge >= 0.3 is 0 Å². The van der Waals surface area contributed by atoms with Crippen LogP contribution in [-0.4, -0.2) is 15.7 Å². The van der Waals surface area contributed by atoms with E-state index in [4.69, 9.17) is 5.73 Å². The van der Waals surface area contributed by atoms with Crippen molar-refractivity contribution in [1.29, 1.82) is 0 Å². The van der Waals surface area contributed by atoms with E-state index in [1.165, 1.54) is 0 Å². The Bertz CT molecular complexity index is 526. The first kappa shape index (κ1) is 12.0. The minimum Gasteiger partial charge on any atom is -0.507 e. The number of nitrogens with zero attached hydrogens (tertiary/aromatic N) is 1. The van der Waals surface area contributed by atoms with Gasteiger partial charge in [-0.1, -0.05) is 6.07 Å². The molecule has 0 aliphatic carbocycles. The topological polar surface area (TPSA) is 51.2 Å². The van der Waals surface area contributed by atoms with Crippen molar-refractivity contribution in [1.82, 2.24) is 4.57 Å². The van der Waals surface area contributed by atoms with Crippen LogP contribution in [0.2, 0.25) is 0 Å². The van der Waals surface area contributed by atoms with Crippen molar-refractivity contribution < 1.29 is 5.11 Å². The predicted molar refractivity (Wildman–Crippen MR) is 71.3 cm³/mol.